The van der Waals surface area contributed by atoms with Gasteiger partial charge in [-0.15, -0.1) is 0 Å². The van der Waals surface area contributed by atoms with Crippen molar-refractivity contribution in [3.05, 3.63) is 29.8 Å². The molecule has 0 aliphatic heterocycles. The SMILES string of the molecule is COCCN(CCC(=O)OC)C(=O)c1cncc(F)c1. The van der Waals surface area contributed by atoms with Crippen molar-refractivity contribution in [2.24, 2.45) is 0 Å². The molecule has 0 N–H and O–H groups in total. The van der Waals surface area contributed by atoms with Gasteiger partial charge in [0.25, 0.3) is 5.91 Å². The Kier molecular flexibility index (Phi) is 6.58. The molecule has 0 saturated heterocycles. The maximum absolute atomic E-state index is 13.1. The second kappa shape index (κ2) is 8.21. The van der Waals surface area contributed by atoms with Crippen LogP contribution in [0.5, 0.6) is 0 Å². The van der Waals surface area contributed by atoms with Gasteiger partial charge in [-0.1, -0.05) is 0 Å². The Labute approximate surface area is 116 Å². The molecule has 0 bridgehead atoms. The van der Waals surface area contributed by atoms with Crippen LogP contribution in [0, 0.1) is 5.82 Å². The third kappa shape index (κ3) is 4.93. The molecule has 0 aromatic carbocycles. The summed E-state index contributed by atoms with van der Waals surface area (Å²) in [6, 6.07) is 1.10. The number of nitrogens with zero attached hydrogens (tertiary/aromatic N) is 2. The highest BCUT2D eigenvalue weighted by Gasteiger charge is 2.17. The van der Waals surface area contributed by atoms with E-state index >= 15 is 0 Å². The third-order valence-electron chi connectivity index (χ3n) is 2.62. The van der Waals surface area contributed by atoms with E-state index in [4.69, 9.17) is 4.74 Å². The number of pyridine rings is 1. The lowest BCUT2D eigenvalue weighted by Gasteiger charge is -2.21. The van der Waals surface area contributed by atoms with Crippen molar-refractivity contribution in [2.75, 3.05) is 33.9 Å². The first-order valence-corrected chi connectivity index (χ1v) is 6.04. The lowest BCUT2D eigenvalue weighted by atomic mass is 10.2. The Morgan fingerprint density at radius 1 is 1.30 bits per heavy atom. The molecule has 7 heteroatoms. The molecular formula is C13H17FN2O4. The molecule has 1 amide bonds. The van der Waals surface area contributed by atoms with Crippen LogP contribution in [0.3, 0.4) is 0 Å². The van der Waals surface area contributed by atoms with Gasteiger partial charge >= 0.3 is 5.97 Å². The van der Waals surface area contributed by atoms with Crippen molar-refractivity contribution < 1.29 is 23.5 Å². The topological polar surface area (TPSA) is 68.7 Å². The van der Waals surface area contributed by atoms with Gasteiger partial charge in [-0.2, -0.15) is 0 Å². The standard InChI is InChI=1S/C13H17FN2O4/c1-19-6-5-16(4-3-12(17)20-2)13(18)10-7-11(14)9-15-8-10/h7-9H,3-6H2,1-2H3. The normalized spacial score (nSPS) is 10.2. The van der Waals surface area contributed by atoms with Gasteiger partial charge in [-0.05, 0) is 6.07 Å². The number of methoxy groups -OCH3 is 2. The van der Waals surface area contributed by atoms with Crippen LogP contribution in [0.4, 0.5) is 4.39 Å². The quantitative estimate of drug-likeness (QED) is 0.695. The van der Waals surface area contributed by atoms with Crippen molar-refractivity contribution in [3.63, 3.8) is 0 Å². The fraction of sp³-hybridized carbons (Fsp3) is 0.462. The van der Waals surface area contributed by atoms with Gasteiger partial charge in [-0.3, -0.25) is 14.6 Å². The Balaban J connectivity index is 2.75. The number of rotatable bonds is 7. The molecule has 110 valence electrons. The minimum Gasteiger partial charge on any atom is -0.469 e. The van der Waals surface area contributed by atoms with Crippen molar-refractivity contribution in [1.82, 2.24) is 9.88 Å². The zero-order chi connectivity index (χ0) is 15.0. The average Bonchev–Trinajstić information content (AvgIpc) is 2.46. The number of carbonyl (C=O) groups is 2. The summed E-state index contributed by atoms with van der Waals surface area (Å²) in [4.78, 5) is 28.4. The van der Waals surface area contributed by atoms with E-state index in [-0.39, 0.29) is 18.5 Å². The van der Waals surface area contributed by atoms with Gasteiger partial charge in [0.15, 0.2) is 0 Å². The largest absolute Gasteiger partial charge is 0.469 e. The first-order valence-electron chi connectivity index (χ1n) is 6.04. The van der Waals surface area contributed by atoms with Crippen LogP contribution in [-0.2, 0) is 14.3 Å². The summed E-state index contributed by atoms with van der Waals surface area (Å²) >= 11 is 0. The maximum Gasteiger partial charge on any atom is 0.307 e. The molecule has 0 aliphatic carbocycles. The van der Waals surface area contributed by atoms with Crippen LogP contribution in [-0.4, -0.2) is 55.7 Å². The molecule has 1 heterocycles. The average molecular weight is 284 g/mol. The van der Waals surface area contributed by atoms with Crippen LogP contribution in [0.2, 0.25) is 0 Å². The van der Waals surface area contributed by atoms with Crippen LogP contribution in [0.1, 0.15) is 16.8 Å². The Hall–Kier alpha value is -2.02. The van der Waals surface area contributed by atoms with Crippen LogP contribution >= 0.6 is 0 Å². The maximum atomic E-state index is 13.1. The number of esters is 1. The lowest BCUT2D eigenvalue weighted by molar-refractivity contribution is -0.140. The molecule has 6 nitrogen and oxygen atoms in total. The van der Waals surface area contributed by atoms with Crippen LogP contribution in [0.25, 0.3) is 0 Å². The second-order valence-corrected chi connectivity index (χ2v) is 4.00. The Bertz CT molecular complexity index is 467. The van der Waals surface area contributed by atoms with E-state index in [2.05, 4.69) is 9.72 Å². The van der Waals surface area contributed by atoms with E-state index in [9.17, 15) is 14.0 Å². The highest BCUT2D eigenvalue weighted by molar-refractivity contribution is 5.94. The van der Waals surface area contributed by atoms with E-state index in [0.717, 1.165) is 12.3 Å². The second-order valence-electron chi connectivity index (χ2n) is 4.00. The van der Waals surface area contributed by atoms with Gasteiger partial charge in [0.1, 0.15) is 5.82 Å². The third-order valence-corrected chi connectivity index (χ3v) is 2.62. The molecule has 0 unspecified atom stereocenters. The summed E-state index contributed by atoms with van der Waals surface area (Å²) in [5.74, 6) is -1.41. The van der Waals surface area contributed by atoms with Gasteiger partial charge < -0.3 is 14.4 Å². The van der Waals surface area contributed by atoms with E-state index < -0.39 is 17.7 Å². The lowest BCUT2D eigenvalue weighted by Crippen LogP contribution is -2.36. The summed E-state index contributed by atoms with van der Waals surface area (Å²) in [5.41, 5.74) is 0.131. The van der Waals surface area contributed by atoms with Gasteiger partial charge in [0, 0.05) is 26.4 Å². The molecule has 1 aromatic heterocycles. The number of carbonyl (C=O) groups excluding carboxylic acids is 2. The zero-order valence-corrected chi connectivity index (χ0v) is 11.5. The van der Waals surface area contributed by atoms with E-state index in [1.54, 1.807) is 0 Å². The minimum absolute atomic E-state index is 0.0642. The number of hydrogen-bond acceptors (Lipinski definition) is 5. The molecule has 20 heavy (non-hydrogen) atoms. The molecule has 0 radical (unpaired) electrons. The first-order chi connectivity index (χ1) is 9.58. The van der Waals surface area contributed by atoms with Gasteiger partial charge in [-0.25, -0.2) is 4.39 Å². The number of amides is 1. The van der Waals surface area contributed by atoms with E-state index in [1.165, 1.54) is 25.3 Å². The van der Waals surface area contributed by atoms with Crippen molar-refractivity contribution in [1.29, 1.82) is 0 Å². The zero-order valence-electron chi connectivity index (χ0n) is 11.5. The van der Waals surface area contributed by atoms with E-state index in [0.29, 0.717) is 13.2 Å². The highest BCUT2D eigenvalue weighted by atomic mass is 19.1. The van der Waals surface area contributed by atoms with Crippen molar-refractivity contribution in [3.8, 4) is 0 Å². The molecule has 0 aliphatic rings. The van der Waals surface area contributed by atoms with Crippen LogP contribution in [0.15, 0.2) is 18.5 Å². The molecule has 0 spiro atoms. The highest BCUT2D eigenvalue weighted by Crippen LogP contribution is 2.07. The van der Waals surface area contributed by atoms with Crippen LogP contribution < -0.4 is 0 Å². The molecule has 1 rings (SSSR count). The molecule has 0 fully saturated rings. The molecule has 1 aromatic rings. The van der Waals surface area contributed by atoms with Gasteiger partial charge in [0.05, 0.1) is 31.9 Å². The summed E-state index contributed by atoms with van der Waals surface area (Å²) in [6.45, 7) is 0.782. The fourth-order valence-corrected chi connectivity index (χ4v) is 1.56. The first kappa shape index (κ1) is 16.0. The van der Waals surface area contributed by atoms with Gasteiger partial charge in [0.2, 0.25) is 0 Å². The minimum atomic E-state index is -0.587. The predicted octanol–water partition coefficient (Wildman–Crippen LogP) is 0.872. The Morgan fingerprint density at radius 3 is 2.65 bits per heavy atom. The summed E-state index contributed by atoms with van der Waals surface area (Å²) in [5, 5.41) is 0. The number of aromatic nitrogens is 1. The fourth-order valence-electron chi connectivity index (χ4n) is 1.56. The van der Waals surface area contributed by atoms with Crippen molar-refractivity contribution in [2.45, 2.75) is 6.42 Å². The predicted molar refractivity (Wildman–Crippen MR) is 68.6 cm³/mol. The summed E-state index contributed by atoms with van der Waals surface area (Å²) in [7, 11) is 2.78. The number of halogens is 1. The monoisotopic (exact) mass is 284 g/mol. The molecule has 0 saturated carbocycles. The van der Waals surface area contributed by atoms with E-state index in [1.807, 2.05) is 0 Å². The summed E-state index contributed by atoms with van der Waals surface area (Å²) in [6.07, 6.45) is 2.36. The number of hydrogen-bond donors (Lipinski definition) is 0. The Morgan fingerprint density at radius 2 is 2.05 bits per heavy atom. The number of ether oxygens (including phenoxy) is 2. The molecular weight excluding hydrogens is 267 g/mol. The summed E-state index contributed by atoms with van der Waals surface area (Å²) < 4.78 is 22.5. The smallest absolute Gasteiger partial charge is 0.307 e. The van der Waals surface area contributed by atoms with Crippen molar-refractivity contribution >= 4 is 11.9 Å². The molecule has 0 atom stereocenters.